The Kier molecular flexibility index (Phi) is 7.60. The number of hydrogen-bond donors (Lipinski definition) is 1. The van der Waals surface area contributed by atoms with Gasteiger partial charge in [0.1, 0.15) is 5.75 Å². The van der Waals surface area contributed by atoms with Crippen LogP contribution < -0.4 is 0 Å². The first-order chi connectivity index (χ1) is 13.8. The first-order valence-corrected chi connectivity index (χ1v) is 10.5. The Morgan fingerprint density at radius 2 is 1.21 bits per heavy atom. The maximum atomic E-state index is 9.40. The van der Waals surface area contributed by atoms with Gasteiger partial charge in [0, 0.05) is 23.5 Å². The first-order valence-electron chi connectivity index (χ1n) is 10.5. The van der Waals surface area contributed by atoms with Crippen LogP contribution in [0.1, 0.15) is 57.4 Å². The quantitative estimate of drug-likeness (QED) is 0.396. The lowest BCUT2D eigenvalue weighted by Crippen LogP contribution is -1.91. The smallest absolute Gasteiger partial charge is 0.159 e. The normalized spacial score (nSPS) is 10.9. The molecule has 0 amide bonds. The second-order valence-electron chi connectivity index (χ2n) is 7.41. The highest BCUT2D eigenvalue weighted by atomic mass is 16.3. The molecular formula is C25H30N2O. The van der Waals surface area contributed by atoms with Crippen LogP contribution in [0.4, 0.5) is 0 Å². The summed E-state index contributed by atoms with van der Waals surface area (Å²) in [7, 11) is 0. The molecule has 0 bridgehead atoms. The van der Waals surface area contributed by atoms with E-state index in [4.69, 9.17) is 0 Å². The van der Waals surface area contributed by atoms with Gasteiger partial charge in [-0.1, -0.05) is 81.8 Å². The molecule has 0 spiro atoms. The number of phenolic OH excluding ortho intramolecular Hbond substituents is 1. The number of nitrogens with zero attached hydrogens (tertiary/aromatic N) is 2. The monoisotopic (exact) mass is 374 g/mol. The molecule has 3 heteroatoms. The molecule has 28 heavy (non-hydrogen) atoms. The Morgan fingerprint density at radius 1 is 0.643 bits per heavy atom. The molecule has 0 aliphatic heterocycles. The van der Waals surface area contributed by atoms with E-state index in [1.54, 1.807) is 12.1 Å². The topological polar surface area (TPSA) is 46.0 Å². The predicted molar refractivity (Wildman–Crippen MR) is 116 cm³/mol. The van der Waals surface area contributed by atoms with Crippen LogP contribution in [-0.4, -0.2) is 15.1 Å². The summed E-state index contributed by atoms with van der Waals surface area (Å²) in [6, 6.07) is 15.7. The summed E-state index contributed by atoms with van der Waals surface area (Å²) in [5.41, 5.74) is 4.37. The van der Waals surface area contributed by atoms with Gasteiger partial charge in [-0.15, -0.1) is 0 Å². The van der Waals surface area contributed by atoms with Gasteiger partial charge in [-0.3, -0.25) is 0 Å². The standard InChI is InChI=1S/C25H30N2O/c1-2-3-4-5-6-7-8-9-20-10-12-22(13-11-20)25-26-18-23(19-27-25)21-14-16-24(28)17-15-21/h10-19,28H,2-9H2,1H3. The molecule has 0 radical (unpaired) electrons. The number of aromatic nitrogens is 2. The van der Waals surface area contributed by atoms with Crippen molar-refractivity contribution in [3.63, 3.8) is 0 Å². The van der Waals surface area contributed by atoms with Crippen molar-refractivity contribution in [1.82, 2.24) is 9.97 Å². The molecule has 2 aromatic carbocycles. The van der Waals surface area contributed by atoms with Crippen molar-refractivity contribution in [1.29, 1.82) is 0 Å². The zero-order chi connectivity index (χ0) is 19.6. The van der Waals surface area contributed by atoms with Crippen molar-refractivity contribution in [3.05, 3.63) is 66.5 Å². The predicted octanol–water partition coefficient (Wildman–Crippen LogP) is 6.81. The molecule has 0 aliphatic rings. The second-order valence-corrected chi connectivity index (χ2v) is 7.41. The highest BCUT2D eigenvalue weighted by Gasteiger charge is 2.04. The van der Waals surface area contributed by atoms with Gasteiger partial charge in [0.2, 0.25) is 0 Å². The summed E-state index contributed by atoms with van der Waals surface area (Å²) in [4.78, 5) is 9.03. The number of benzene rings is 2. The summed E-state index contributed by atoms with van der Waals surface area (Å²) >= 11 is 0. The number of aromatic hydroxyl groups is 1. The van der Waals surface area contributed by atoms with Gasteiger partial charge >= 0.3 is 0 Å². The second kappa shape index (κ2) is 10.6. The summed E-state index contributed by atoms with van der Waals surface area (Å²) in [6.45, 7) is 2.26. The molecule has 0 atom stereocenters. The molecular weight excluding hydrogens is 344 g/mol. The van der Waals surface area contributed by atoms with E-state index in [1.807, 2.05) is 24.5 Å². The van der Waals surface area contributed by atoms with E-state index in [1.165, 1.54) is 50.5 Å². The summed E-state index contributed by atoms with van der Waals surface area (Å²) in [5, 5.41) is 9.40. The molecule has 0 saturated carbocycles. The van der Waals surface area contributed by atoms with Crippen LogP contribution in [-0.2, 0) is 6.42 Å². The SMILES string of the molecule is CCCCCCCCCc1ccc(-c2ncc(-c3ccc(O)cc3)cn2)cc1. The van der Waals surface area contributed by atoms with Gasteiger partial charge in [0.25, 0.3) is 0 Å². The van der Waals surface area contributed by atoms with E-state index in [2.05, 4.69) is 41.2 Å². The number of rotatable bonds is 10. The number of phenols is 1. The van der Waals surface area contributed by atoms with Crippen molar-refractivity contribution in [3.8, 4) is 28.3 Å². The van der Waals surface area contributed by atoms with Crippen LogP contribution in [0.3, 0.4) is 0 Å². The number of unbranched alkanes of at least 4 members (excludes halogenated alkanes) is 6. The van der Waals surface area contributed by atoms with E-state index in [-0.39, 0.29) is 5.75 Å². The Balaban J connectivity index is 1.51. The fourth-order valence-corrected chi connectivity index (χ4v) is 3.39. The number of hydrogen-bond acceptors (Lipinski definition) is 3. The Hall–Kier alpha value is -2.68. The van der Waals surface area contributed by atoms with Gasteiger partial charge in [0.15, 0.2) is 5.82 Å². The van der Waals surface area contributed by atoms with Gasteiger partial charge < -0.3 is 5.11 Å². The summed E-state index contributed by atoms with van der Waals surface area (Å²) in [5.74, 6) is 1.00. The van der Waals surface area contributed by atoms with Crippen molar-refractivity contribution in [2.75, 3.05) is 0 Å². The van der Waals surface area contributed by atoms with E-state index in [0.29, 0.717) is 0 Å². The van der Waals surface area contributed by atoms with Crippen LogP contribution in [0.5, 0.6) is 5.75 Å². The number of aryl methyl sites for hydroxylation is 1. The van der Waals surface area contributed by atoms with Crippen molar-refractivity contribution >= 4 is 0 Å². The molecule has 3 rings (SSSR count). The third-order valence-electron chi connectivity index (χ3n) is 5.13. The Bertz CT molecular complexity index is 824. The van der Waals surface area contributed by atoms with Crippen LogP contribution >= 0.6 is 0 Å². The molecule has 1 aromatic heterocycles. The lowest BCUT2D eigenvalue weighted by atomic mass is 10.0. The third-order valence-corrected chi connectivity index (χ3v) is 5.13. The zero-order valence-corrected chi connectivity index (χ0v) is 16.8. The van der Waals surface area contributed by atoms with Crippen molar-refractivity contribution in [2.24, 2.45) is 0 Å². The van der Waals surface area contributed by atoms with Crippen molar-refractivity contribution < 1.29 is 5.11 Å². The summed E-state index contributed by atoms with van der Waals surface area (Å²) in [6.07, 6.45) is 14.2. The van der Waals surface area contributed by atoms with E-state index in [9.17, 15) is 5.11 Å². The van der Waals surface area contributed by atoms with Gasteiger partial charge in [-0.25, -0.2) is 9.97 Å². The maximum Gasteiger partial charge on any atom is 0.159 e. The zero-order valence-electron chi connectivity index (χ0n) is 16.8. The van der Waals surface area contributed by atoms with E-state index in [0.717, 1.165) is 28.9 Å². The minimum atomic E-state index is 0.262. The lowest BCUT2D eigenvalue weighted by molar-refractivity contribution is 0.475. The maximum absolute atomic E-state index is 9.40. The molecule has 0 saturated heterocycles. The summed E-state index contributed by atoms with van der Waals surface area (Å²) < 4.78 is 0. The van der Waals surface area contributed by atoms with Crippen molar-refractivity contribution in [2.45, 2.75) is 58.3 Å². The Labute approximate surface area is 168 Å². The van der Waals surface area contributed by atoms with E-state index >= 15 is 0 Å². The highest BCUT2D eigenvalue weighted by molar-refractivity contribution is 5.64. The van der Waals surface area contributed by atoms with Crippen LogP contribution in [0.25, 0.3) is 22.5 Å². The van der Waals surface area contributed by atoms with Crippen LogP contribution in [0, 0.1) is 0 Å². The highest BCUT2D eigenvalue weighted by Crippen LogP contribution is 2.23. The minimum Gasteiger partial charge on any atom is -0.508 e. The van der Waals surface area contributed by atoms with Gasteiger partial charge in [-0.2, -0.15) is 0 Å². The molecule has 1 heterocycles. The fourth-order valence-electron chi connectivity index (χ4n) is 3.39. The molecule has 0 fully saturated rings. The van der Waals surface area contributed by atoms with Gasteiger partial charge in [-0.05, 0) is 36.1 Å². The molecule has 1 N–H and O–H groups in total. The minimum absolute atomic E-state index is 0.262. The third kappa shape index (κ3) is 5.91. The Morgan fingerprint density at radius 3 is 1.86 bits per heavy atom. The fraction of sp³-hybridized carbons (Fsp3) is 0.360. The molecule has 3 aromatic rings. The molecule has 3 nitrogen and oxygen atoms in total. The average Bonchev–Trinajstić information content (AvgIpc) is 2.74. The lowest BCUT2D eigenvalue weighted by Gasteiger charge is -2.06. The molecule has 0 unspecified atom stereocenters. The average molecular weight is 375 g/mol. The van der Waals surface area contributed by atoms with E-state index < -0.39 is 0 Å². The van der Waals surface area contributed by atoms with Crippen LogP contribution in [0.15, 0.2) is 60.9 Å². The first kappa shape index (κ1) is 20.1. The van der Waals surface area contributed by atoms with Gasteiger partial charge in [0.05, 0.1) is 0 Å². The van der Waals surface area contributed by atoms with Crippen LogP contribution in [0.2, 0.25) is 0 Å². The largest absolute Gasteiger partial charge is 0.508 e. The molecule has 0 aliphatic carbocycles. The molecule has 146 valence electrons.